The third kappa shape index (κ3) is 1.71. The highest BCUT2D eigenvalue weighted by molar-refractivity contribution is 5.63. The quantitative estimate of drug-likeness (QED) is 0.574. The first kappa shape index (κ1) is 9.72. The molecule has 0 amide bonds. The Morgan fingerprint density at radius 1 is 1.60 bits per heavy atom. The highest BCUT2D eigenvalue weighted by atomic mass is 16.6. The maximum atomic E-state index is 10.4. The number of hydrogen-bond donors (Lipinski definition) is 1. The molecule has 0 spiro atoms. The normalized spacial score (nSPS) is 24.3. The molecule has 1 N–H and O–H groups in total. The average molecular weight is 206 g/mol. The summed E-state index contributed by atoms with van der Waals surface area (Å²) in [5.41, 5.74) is 0.323. The lowest BCUT2D eigenvalue weighted by Crippen LogP contribution is -2.33. The van der Waals surface area contributed by atoms with Crippen molar-refractivity contribution in [3.8, 4) is 0 Å². The molecule has 1 aliphatic rings. The van der Waals surface area contributed by atoms with Gasteiger partial charge in [0, 0.05) is 24.4 Å². The van der Waals surface area contributed by atoms with Crippen LogP contribution in [0.2, 0.25) is 0 Å². The van der Waals surface area contributed by atoms with Crippen LogP contribution in [0.4, 0.5) is 5.82 Å². The van der Waals surface area contributed by atoms with Gasteiger partial charge in [-0.15, -0.1) is 0 Å². The monoisotopic (exact) mass is 206 g/mol. The van der Waals surface area contributed by atoms with E-state index in [0.717, 1.165) is 5.56 Å². The minimum Gasteiger partial charge on any atom is -0.358 e. The fourth-order valence-corrected chi connectivity index (χ4v) is 1.48. The van der Waals surface area contributed by atoms with Gasteiger partial charge in [0.15, 0.2) is 0 Å². The number of aromatic nitrogens is 1. The molecule has 1 aromatic heterocycles. The summed E-state index contributed by atoms with van der Waals surface area (Å²) in [4.78, 5) is 17.9. The van der Waals surface area contributed by atoms with Crippen LogP contribution in [0.25, 0.3) is 0 Å². The smallest absolute Gasteiger partial charge is 0.358 e. The van der Waals surface area contributed by atoms with Gasteiger partial charge in [-0.05, 0) is 22.9 Å². The summed E-state index contributed by atoms with van der Waals surface area (Å²) in [5.74, 6) is -0.149. The third-order valence-electron chi connectivity index (χ3n) is 2.38. The molecular weight excluding hydrogens is 196 g/mol. The summed E-state index contributed by atoms with van der Waals surface area (Å²) >= 11 is 0. The minimum absolute atomic E-state index is 0.149. The molecule has 1 atom stereocenters. The van der Waals surface area contributed by atoms with E-state index >= 15 is 0 Å². The van der Waals surface area contributed by atoms with Crippen LogP contribution in [0.1, 0.15) is 12.5 Å². The van der Waals surface area contributed by atoms with Crippen LogP contribution < -0.4 is 5.32 Å². The molecule has 2 rings (SSSR count). The molecule has 15 heavy (non-hydrogen) atoms. The second kappa shape index (κ2) is 3.39. The standard InChI is InChI=1S/C9H10N4O2/c1-9(11-4-5-12-9)7-2-3-8(10-6-7)13(14)15/h2-4,6,12H,5H2,1H3. The average Bonchev–Trinajstić information content (AvgIpc) is 2.67. The number of pyridine rings is 1. The number of nitrogens with zero attached hydrogens (tertiary/aromatic N) is 3. The van der Waals surface area contributed by atoms with E-state index in [9.17, 15) is 10.1 Å². The molecule has 0 bridgehead atoms. The van der Waals surface area contributed by atoms with Gasteiger partial charge in [0.25, 0.3) is 0 Å². The Balaban J connectivity index is 2.31. The van der Waals surface area contributed by atoms with E-state index in [-0.39, 0.29) is 5.82 Å². The van der Waals surface area contributed by atoms with Crippen molar-refractivity contribution in [2.24, 2.45) is 4.99 Å². The van der Waals surface area contributed by atoms with Crippen molar-refractivity contribution in [1.82, 2.24) is 10.3 Å². The lowest BCUT2D eigenvalue weighted by Gasteiger charge is -2.20. The summed E-state index contributed by atoms with van der Waals surface area (Å²) < 4.78 is 0. The number of hydrogen-bond acceptors (Lipinski definition) is 5. The van der Waals surface area contributed by atoms with Crippen molar-refractivity contribution in [3.05, 3.63) is 34.0 Å². The van der Waals surface area contributed by atoms with Gasteiger partial charge in [0.1, 0.15) is 11.9 Å². The van der Waals surface area contributed by atoms with Crippen LogP contribution in [0, 0.1) is 10.1 Å². The first-order chi connectivity index (χ1) is 7.12. The topological polar surface area (TPSA) is 80.4 Å². The van der Waals surface area contributed by atoms with Crippen molar-refractivity contribution >= 4 is 12.0 Å². The van der Waals surface area contributed by atoms with E-state index in [4.69, 9.17) is 0 Å². The van der Waals surface area contributed by atoms with Gasteiger partial charge in [0.05, 0.1) is 0 Å². The van der Waals surface area contributed by atoms with Gasteiger partial charge in [-0.25, -0.2) is 0 Å². The Hall–Kier alpha value is -1.82. The van der Waals surface area contributed by atoms with Gasteiger partial charge in [-0.2, -0.15) is 0 Å². The molecule has 0 radical (unpaired) electrons. The first-order valence-corrected chi connectivity index (χ1v) is 4.51. The van der Waals surface area contributed by atoms with E-state index in [1.165, 1.54) is 12.3 Å². The molecule has 0 fully saturated rings. The van der Waals surface area contributed by atoms with Crippen molar-refractivity contribution < 1.29 is 4.92 Å². The number of aliphatic imine (C=N–C) groups is 1. The summed E-state index contributed by atoms with van der Waals surface area (Å²) in [6, 6.07) is 3.05. The third-order valence-corrected chi connectivity index (χ3v) is 2.38. The largest absolute Gasteiger partial charge is 0.363 e. The van der Waals surface area contributed by atoms with Gasteiger partial charge in [-0.3, -0.25) is 10.3 Å². The second-order valence-corrected chi connectivity index (χ2v) is 3.43. The Labute approximate surface area is 86.2 Å². The molecule has 1 aromatic rings. The zero-order valence-electron chi connectivity index (χ0n) is 8.17. The van der Waals surface area contributed by atoms with Crippen molar-refractivity contribution in [2.75, 3.05) is 6.54 Å². The van der Waals surface area contributed by atoms with Crippen molar-refractivity contribution in [1.29, 1.82) is 0 Å². The molecule has 1 aliphatic heterocycles. The Bertz CT molecular complexity index is 415. The summed E-state index contributed by atoms with van der Waals surface area (Å²) in [6.45, 7) is 2.60. The van der Waals surface area contributed by atoms with Crippen LogP contribution in [0.3, 0.4) is 0 Å². The van der Waals surface area contributed by atoms with Crippen LogP contribution in [0.15, 0.2) is 23.3 Å². The van der Waals surface area contributed by atoms with E-state index in [1.807, 2.05) is 6.92 Å². The maximum absolute atomic E-state index is 10.4. The summed E-state index contributed by atoms with van der Waals surface area (Å²) in [5, 5.41) is 13.6. The molecule has 1 unspecified atom stereocenters. The van der Waals surface area contributed by atoms with Gasteiger partial charge < -0.3 is 10.1 Å². The zero-order chi connectivity index (χ0) is 10.9. The summed E-state index contributed by atoms with van der Waals surface area (Å²) in [6.07, 6.45) is 3.26. The maximum Gasteiger partial charge on any atom is 0.363 e. The van der Waals surface area contributed by atoms with E-state index in [0.29, 0.717) is 6.54 Å². The molecule has 0 aliphatic carbocycles. The Kier molecular flexibility index (Phi) is 2.20. The fourth-order valence-electron chi connectivity index (χ4n) is 1.48. The Morgan fingerprint density at radius 2 is 2.40 bits per heavy atom. The zero-order valence-corrected chi connectivity index (χ0v) is 8.17. The van der Waals surface area contributed by atoms with Crippen LogP contribution in [-0.2, 0) is 5.66 Å². The lowest BCUT2D eigenvalue weighted by molar-refractivity contribution is -0.389. The number of rotatable bonds is 2. The van der Waals surface area contributed by atoms with Crippen LogP contribution in [-0.4, -0.2) is 22.7 Å². The Morgan fingerprint density at radius 3 is 2.87 bits per heavy atom. The van der Waals surface area contributed by atoms with E-state index < -0.39 is 10.6 Å². The second-order valence-electron chi connectivity index (χ2n) is 3.43. The molecule has 0 aromatic carbocycles. The predicted octanol–water partition coefficient (Wildman–Crippen LogP) is 0.836. The van der Waals surface area contributed by atoms with E-state index in [2.05, 4.69) is 15.3 Å². The number of nitro groups is 1. The van der Waals surface area contributed by atoms with Crippen LogP contribution >= 0.6 is 0 Å². The first-order valence-electron chi connectivity index (χ1n) is 4.51. The minimum atomic E-state index is -0.516. The number of nitrogens with one attached hydrogen (secondary N) is 1. The van der Waals surface area contributed by atoms with Gasteiger partial charge >= 0.3 is 5.82 Å². The van der Waals surface area contributed by atoms with Crippen molar-refractivity contribution in [2.45, 2.75) is 12.6 Å². The SMILES string of the molecule is CC1(c2ccc([N+](=O)[O-])nc2)N=CCN1. The molecule has 0 saturated carbocycles. The van der Waals surface area contributed by atoms with Gasteiger partial charge in [0.2, 0.25) is 0 Å². The van der Waals surface area contributed by atoms with Crippen molar-refractivity contribution in [3.63, 3.8) is 0 Å². The molecule has 78 valence electrons. The van der Waals surface area contributed by atoms with Crippen LogP contribution in [0.5, 0.6) is 0 Å². The summed E-state index contributed by atoms with van der Waals surface area (Å²) in [7, 11) is 0. The van der Waals surface area contributed by atoms with Gasteiger partial charge in [-0.1, -0.05) is 0 Å². The molecular formula is C9H10N4O2. The molecule has 2 heterocycles. The van der Waals surface area contributed by atoms with E-state index in [1.54, 1.807) is 12.3 Å². The predicted molar refractivity (Wildman–Crippen MR) is 54.7 cm³/mol. The molecule has 0 saturated heterocycles. The lowest BCUT2D eigenvalue weighted by atomic mass is 10.1. The highest BCUT2D eigenvalue weighted by Gasteiger charge is 2.29. The fraction of sp³-hybridized carbons (Fsp3) is 0.333. The molecule has 6 heteroatoms. The molecule has 6 nitrogen and oxygen atoms in total. The highest BCUT2D eigenvalue weighted by Crippen LogP contribution is 2.24.